The molecule has 6 heteroatoms. The van der Waals surface area contributed by atoms with E-state index in [9.17, 15) is 9.90 Å². The fourth-order valence-corrected chi connectivity index (χ4v) is 1.76. The quantitative estimate of drug-likeness (QED) is 0.572. The van der Waals surface area contributed by atoms with Gasteiger partial charge >= 0.3 is 5.97 Å². The topological polar surface area (TPSA) is 79.8 Å². The van der Waals surface area contributed by atoms with E-state index in [1.165, 1.54) is 19.3 Å². The molecule has 0 spiro atoms. The van der Waals surface area contributed by atoms with Crippen LogP contribution in [-0.2, 0) is 9.53 Å². The lowest BCUT2D eigenvalue weighted by molar-refractivity contribution is -0.137. The van der Waals surface area contributed by atoms with Crippen LogP contribution in [0.5, 0.6) is 11.5 Å². The van der Waals surface area contributed by atoms with Gasteiger partial charge in [0.2, 0.25) is 0 Å². The minimum absolute atomic E-state index is 0.0655. The first kappa shape index (κ1) is 18.0. The van der Waals surface area contributed by atoms with Gasteiger partial charge in [0.15, 0.2) is 11.5 Å². The highest BCUT2D eigenvalue weighted by atomic mass is 16.5. The molecule has 0 atom stereocenters. The number of nitrogens with one attached hydrogen (secondary N) is 2. The summed E-state index contributed by atoms with van der Waals surface area (Å²) in [4.78, 5) is 11.0. The summed E-state index contributed by atoms with van der Waals surface area (Å²) in [6, 6.07) is 4.81. The maximum absolute atomic E-state index is 11.0. The summed E-state index contributed by atoms with van der Waals surface area (Å²) in [6.45, 7) is 6.65. The van der Waals surface area contributed by atoms with Crippen LogP contribution in [0, 0.1) is 0 Å². The number of piperazine rings is 1. The molecule has 0 radical (unpaired) electrons. The third-order valence-electron chi connectivity index (χ3n) is 2.86. The van der Waals surface area contributed by atoms with Crippen molar-refractivity contribution in [2.24, 2.45) is 0 Å². The van der Waals surface area contributed by atoms with Gasteiger partial charge in [-0.25, -0.2) is 4.79 Å². The first-order valence-electron chi connectivity index (χ1n) is 7.30. The zero-order valence-electron chi connectivity index (χ0n) is 13.1. The summed E-state index contributed by atoms with van der Waals surface area (Å²) < 4.78 is 9.68. The normalized spacial score (nSPS) is 14.1. The van der Waals surface area contributed by atoms with Crippen LogP contribution in [0.2, 0.25) is 0 Å². The Hall–Kier alpha value is -2.05. The van der Waals surface area contributed by atoms with E-state index in [-0.39, 0.29) is 5.75 Å². The first-order chi connectivity index (χ1) is 10.7. The molecule has 0 aliphatic carbocycles. The van der Waals surface area contributed by atoms with Crippen LogP contribution < -0.4 is 15.4 Å². The number of hydrogen-bond donors (Lipinski definition) is 3. The molecule has 122 valence electrons. The van der Waals surface area contributed by atoms with Crippen LogP contribution in [0.1, 0.15) is 12.5 Å². The molecule has 3 N–H and O–H groups in total. The standard InChI is InChI=1S/C12H14O4.C4H10N2/c1-3-16-12(14)7-5-9-4-6-10(13)11(8-9)15-2;1-2-6-4-3-5-1/h4-8,13H,3H2,1-2H3;5-6H,1-4H2/b7-5-;. The first-order valence-corrected chi connectivity index (χ1v) is 7.30. The molecule has 0 bridgehead atoms. The van der Waals surface area contributed by atoms with Gasteiger partial charge in [-0.15, -0.1) is 0 Å². The van der Waals surface area contributed by atoms with Gasteiger partial charge in [0.25, 0.3) is 0 Å². The second-order valence-corrected chi connectivity index (χ2v) is 4.52. The molecule has 2 rings (SSSR count). The van der Waals surface area contributed by atoms with Crippen LogP contribution in [0.4, 0.5) is 0 Å². The molecule has 1 saturated heterocycles. The number of carbonyl (C=O) groups excluding carboxylic acids is 1. The second-order valence-electron chi connectivity index (χ2n) is 4.52. The Morgan fingerprint density at radius 3 is 2.41 bits per heavy atom. The van der Waals surface area contributed by atoms with Gasteiger partial charge in [-0.1, -0.05) is 6.07 Å². The van der Waals surface area contributed by atoms with Crippen molar-refractivity contribution < 1.29 is 19.4 Å². The van der Waals surface area contributed by atoms with Gasteiger partial charge in [-0.05, 0) is 30.7 Å². The van der Waals surface area contributed by atoms with Crippen LogP contribution >= 0.6 is 0 Å². The molecule has 1 aromatic rings. The van der Waals surface area contributed by atoms with Crippen molar-refractivity contribution in [3.8, 4) is 11.5 Å². The molecule has 22 heavy (non-hydrogen) atoms. The third-order valence-corrected chi connectivity index (χ3v) is 2.86. The molecule has 6 nitrogen and oxygen atoms in total. The molecule has 0 aromatic heterocycles. The Labute approximate surface area is 131 Å². The molecule has 0 unspecified atom stereocenters. The van der Waals surface area contributed by atoms with Crippen LogP contribution in [0.25, 0.3) is 6.08 Å². The van der Waals surface area contributed by atoms with E-state index in [2.05, 4.69) is 10.6 Å². The Kier molecular flexibility index (Phi) is 8.71. The predicted octanol–water partition coefficient (Wildman–Crippen LogP) is 1.16. The zero-order chi connectivity index (χ0) is 16.2. The lowest BCUT2D eigenvalue weighted by Gasteiger charge is -2.11. The Morgan fingerprint density at radius 2 is 1.91 bits per heavy atom. The maximum Gasteiger partial charge on any atom is 0.330 e. The predicted molar refractivity (Wildman–Crippen MR) is 86.1 cm³/mol. The van der Waals surface area contributed by atoms with Gasteiger partial charge in [-0.3, -0.25) is 0 Å². The molecular formula is C16H24N2O4. The number of methoxy groups -OCH3 is 1. The highest BCUT2D eigenvalue weighted by molar-refractivity contribution is 5.87. The van der Waals surface area contributed by atoms with Gasteiger partial charge in [0, 0.05) is 32.3 Å². The summed E-state index contributed by atoms with van der Waals surface area (Å²) in [5, 5.41) is 15.8. The summed E-state index contributed by atoms with van der Waals surface area (Å²) in [6.07, 6.45) is 2.93. The summed E-state index contributed by atoms with van der Waals surface area (Å²) in [5.41, 5.74) is 0.753. The van der Waals surface area contributed by atoms with E-state index in [0.717, 1.165) is 31.7 Å². The number of benzene rings is 1. The number of hydrogen-bond acceptors (Lipinski definition) is 6. The van der Waals surface area contributed by atoms with Crippen molar-refractivity contribution >= 4 is 12.0 Å². The average molecular weight is 308 g/mol. The van der Waals surface area contributed by atoms with Gasteiger partial charge in [-0.2, -0.15) is 0 Å². The molecule has 1 heterocycles. The van der Waals surface area contributed by atoms with Crippen molar-refractivity contribution in [1.29, 1.82) is 0 Å². The van der Waals surface area contributed by atoms with Gasteiger partial charge < -0.3 is 25.2 Å². The van der Waals surface area contributed by atoms with E-state index in [1.807, 2.05) is 0 Å². The minimum atomic E-state index is -0.394. The SMILES string of the molecule is C1CNCCN1.CCOC(=O)/C=C\c1ccc(O)c(OC)c1. The number of aromatic hydroxyl groups is 1. The summed E-state index contributed by atoms with van der Waals surface area (Å²) in [5.74, 6) is 0.0383. The van der Waals surface area contributed by atoms with E-state index in [1.54, 1.807) is 25.1 Å². The van der Waals surface area contributed by atoms with E-state index in [0.29, 0.717) is 12.4 Å². The molecule has 1 aliphatic rings. The van der Waals surface area contributed by atoms with Crippen molar-refractivity contribution in [2.75, 3.05) is 39.9 Å². The number of rotatable bonds is 4. The van der Waals surface area contributed by atoms with Crippen molar-refractivity contribution in [1.82, 2.24) is 10.6 Å². The van der Waals surface area contributed by atoms with E-state index >= 15 is 0 Å². The molecule has 1 aromatic carbocycles. The number of esters is 1. The van der Waals surface area contributed by atoms with E-state index < -0.39 is 5.97 Å². The van der Waals surface area contributed by atoms with Crippen LogP contribution in [0.3, 0.4) is 0 Å². The monoisotopic (exact) mass is 308 g/mol. The van der Waals surface area contributed by atoms with Crippen molar-refractivity contribution in [3.63, 3.8) is 0 Å². The van der Waals surface area contributed by atoms with Crippen LogP contribution in [-0.4, -0.2) is 51.0 Å². The smallest absolute Gasteiger partial charge is 0.330 e. The van der Waals surface area contributed by atoms with Crippen LogP contribution in [0.15, 0.2) is 24.3 Å². The molecular weight excluding hydrogens is 284 g/mol. The minimum Gasteiger partial charge on any atom is -0.504 e. The maximum atomic E-state index is 11.0. The Bertz CT molecular complexity index is 474. The molecule has 0 amide bonds. The fourth-order valence-electron chi connectivity index (χ4n) is 1.76. The van der Waals surface area contributed by atoms with Gasteiger partial charge in [0.05, 0.1) is 13.7 Å². The highest BCUT2D eigenvalue weighted by Gasteiger charge is 2.01. The Balaban J connectivity index is 0.000000335. The van der Waals surface area contributed by atoms with E-state index in [4.69, 9.17) is 9.47 Å². The lowest BCUT2D eigenvalue weighted by Crippen LogP contribution is -2.39. The average Bonchev–Trinajstić information content (AvgIpc) is 2.56. The number of phenols is 1. The fraction of sp³-hybridized carbons (Fsp3) is 0.438. The van der Waals surface area contributed by atoms with Crippen molar-refractivity contribution in [2.45, 2.75) is 6.92 Å². The number of ether oxygens (including phenoxy) is 2. The lowest BCUT2D eigenvalue weighted by atomic mass is 10.2. The van der Waals surface area contributed by atoms with Gasteiger partial charge in [0.1, 0.15) is 0 Å². The molecule has 1 fully saturated rings. The second kappa shape index (κ2) is 10.6. The summed E-state index contributed by atoms with van der Waals surface area (Å²) in [7, 11) is 1.47. The Morgan fingerprint density at radius 1 is 1.27 bits per heavy atom. The van der Waals surface area contributed by atoms with Crippen molar-refractivity contribution in [3.05, 3.63) is 29.8 Å². The number of carbonyl (C=O) groups is 1. The summed E-state index contributed by atoms with van der Waals surface area (Å²) >= 11 is 0. The molecule has 1 aliphatic heterocycles. The largest absolute Gasteiger partial charge is 0.504 e. The highest BCUT2D eigenvalue weighted by Crippen LogP contribution is 2.26. The zero-order valence-corrected chi connectivity index (χ0v) is 13.1. The third kappa shape index (κ3) is 7.10. The molecule has 0 saturated carbocycles. The number of phenolic OH excluding ortho intramolecular Hbond substituents is 1.